The largest absolute Gasteiger partial charge is 0.324 e. The van der Waals surface area contributed by atoms with Crippen LogP contribution in [-0.2, 0) is 6.42 Å². The molecule has 0 bridgehead atoms. The van der Waals surface area contributed by atoms with E-state index in [1.165, 1.54) is 27.5 Å². The summed E-state index contributed by atoms with van der Waals surface area (Å²) in [5.41, 5.74) is 15.7. The molecule has 2 nitrogen and oxygen atoms in total. The zero-order valence-corrected chi connectivity index (χ0v) is 13.6. The van der Waals surface area contributed by atoms with Crippen LogP contribution in [0.15, 0.2) is 66.7 Å². The summed E-state index contributed by atoms with van der Waals surface area (Å²) in [6, 6.07) is 23.4. The lowest BCUT2D eigenvalue weighted by Gasteiger charge is -2.09. The lowest BCUT2D eigenvalue weighted by atomic mass is 10.0. The minimum Gasteiger partial charge on any atom is -0.324 e. The van der Waals surface area contributed by atoms with Crippen molar-refractivity contribution >= 4 is 10.8 Å². The van der Waals surface area contributed by atoms with Crippen molar-refractivity contribution in [3.05, 3.63) is 83.4 Å². The fourth-order valence-corrected chi connectivity index (χ4v) is 3.24. The zero-order chi connectivity index (χ0) is 16.2. The van der Waals surface area contributed by atoms with E-state index in [4.69, 9.17) is 11.5 Å². The number of hydrogen-bond acceptors (Lipinski definition) is 2. The highest BCUT2D eigenvalue weighted by atomic mass is 14.6. The van der Waals surface area contributed by atoms with E-state index in [1.807, 2.05) is 19.1 Å². The molecule has 4 rings (SSSR count). The number of aryl methyl sites for hydroxylation is 1. The van der Waals surface area contributed by atoms with Crippen LogP contribution in [0.25, 0.3) is 10.8 Å². The zero-order valence-electron chi connectivity index (χ0n) is 13.6. The Hall–Kier alpha value is -2.16. The molecule has 1 aliphatic rings. The van der Waals surface area contributed by atoms with Crippen LogP contribution in [-0.4, -0.2) is 0 Å². The molecular formula is C21H24N2. The van der Waals surface area contributed by atoms with Gasteiger partial charge in [0.2, 0.25) is 0 Å². The fourth-order valence-electron chi connectivity index (χ4n) is 3.24. The Bertz CT molecular complexity index is 787. The third-order valence-corrected chi connectivity index (χ3v) is 4.49. The molecule has 118 valence electrons. The maximum Gasteiger partial charge on any atom is 0.0300 e. The molecule has 2 unspecified atom stereocenters. The van der Waals surface area contributed by atoms with E-state index in [0.717, 1.165) is 12.8 Å². The maximum atomic E-state index is 5.88. The van der Waals surface area contributed by atoms with Crippen molar-refractivity contribution in [3.8, 4) is 0 Å². The van der Waals surface area contributed by atoms with Crippen LogP contribution in [0.5, 0.6) is 0 Å². The van der Waals surface area contributed by atoms with Gasteiger partial charge in [-0.1, -0.05) is 66.7 Å². The Morgan fingerprint density at radius 2 is 1.61 bits per heavy atom. The van der Waals surface area contributed by atoms with Gasteiger partial charge in [-0.15, -0.1) is 0 Å². The molecule has 1 aliphatic carbocycles. The molecule has 0 heterocycles. The number of rotatable bonds is 1. The Balaban J connectivity index is 0.000000140. The summed E-state index contributed by atoms with van der Waals surface area (Å²) in [7, 11) is 0. The van der Waals surface area contributed by atoms with E-state index >= 15 is 0 Å². The highest BCUT2D eigenvalue weighted by Gasteiger charge is 2.16. The van der Waals surface area contributed by atoms with Crippen molar-refractivity contribution in [2.75, 3.05) is 0 Å². The summed E-state index contributed by atoms with van der Waals surface area (Å²) < 4.78 is 0. The van der Waals surface area contributed by atoms with Gasteiger partial charge in [0, 0.05) is 12.1 Å². The molecule has 0 fully saturated rings. The second-order valence-electron chi connectivity index (χ2n) is 6.20. The SMILES string of the molecule is CC(N)c1cccc2ccccc12.NC1CCc2ccccc21. The molecule has 3 aromatic carbocycles. The topological polar surface area (TPSA) is 52.0 Å². The molecular weight excluding hydrogens is 280 g/mol. The van der Waals surface area contributed by atoms with Gasteiger partial charge < -0.3 is 11.5 Å². The standard InChI is InChI=1S/C12H13N.C9H11N/c1-9(13)11-8-4-6-10-5-2-3-7-12(10)11;10-9-6-5-7-3-1-2-4-8(7)9/h2-9H,13H2,1H3;1-4,9H,5-6,10H2. The van der Waals surface area contributed by atoms with Crippen LogP contribution >= 0.6 is 0 Å². The van der Waals surface area contributed by atoms with Crippen molar-refractivity contribution in [2.45, 2.75) is 31.8 Å². The van der Waals surface area contributed by atoms with Crippen LogP contribution in [0.1, 0.15) is 42.1 Å². The van der Waals surface area contributed by atoms with E-state index < -0.39 is 0 Å². The lowest BCUT2D eigenvalue weighted by molar-refractivity contribution is 0.713. The summed E-state index contributed by atoms with van der Waals surface area (Å²) >= 11 is 0. The van der Waals surface area contributed by atoms with Crippen molar-refractivity contribution < 1.29 is 0 Å². The van der Waals surface area contributed by atoms with Crippen molar-refractivity contribution in [2.24, 2.45) is 11.5 Å². The molecule has 4 N–H and O–H groups in total. The molecule has 23 heavy (non-hydrogen) atoms. The molecule has 0 saturated carbocycles. The predicted molar refractivity (Wildman–Crippen MR) is 98.2 cm³/mol. The molecule has 0 amide bonds. The molecule has 0 aromatic heterocycles. The first-order valence-electron chi connectivity index (χ1n) is 8.23. The van der Waals surface area contributed by atoms with Crippen molar-refractivity contribution in [1.82, 2.24) is 0 Å². The second kappa shape index (κ2) is 6.95. The highest BCUT2D eigenvalue weighted by Crippen LogP contribution is 2.28. The van der Waals surface area contributed by atoms with Gasteiger partial charge in [0.1, 0.15) is 0 Å². The lowest BCUT2D eigenvalue weighted by Crippen LogP contribution is -2.05. The number of benzene rings is 3. The van der Waals surface area contributed by atoms with Gasteiger partial charge in [-0.05, 0) is 47.2 Å². The molecule has 0 aliphatic heterocycles. The third kappa shape index (κ3) is 3.44. The van der Waals surface area contributed by atoms with Crippen LogP contribution in [0.2, 0.25) is 0 Å². The molecule has 2 heteroatoms. The summed E-state index contributed by atoms with van der Waals surface area (Å²) in [5.74, 6) is 0. The van der Waals surface area contributed by atoms with Crippen molar-refractivity contribution in [3.63, 3.8) is 0 Å². The minimum atomic E-state index is 0.103. The average molecular weight is 304 g/mol. The maximum absolute atomic E-state index is 5.88. The van der Waals surface area contributed by atoms with Crippen LogP contribution < -0.4 is 11.5 Å². The predicted octanol–water partition coefficient (Wildman–Crippen LogP) is 4.49. The van der Waals surface area contributed by atoms with Crippen LogP contribution in [0, 0.1) is 0 Å². The van der Waals surface area contributed by atoms with Gasteiger partial charge in [0.15, 0.2) is 0 Å². The Labute approximate surface area is 138 Å². The third-order valence-electron chi connectivity index (χ3n) is 4.49. The molecule has 0 radical (unpaired) electrons. The van der Waals surface area contributed by atoms with Crippen LogP contribution in [0.4, 0.5) is 0 Å². The number of nitrogens with two attached hydrogens (primary N) is 2. The Morgan fingerprint density at radius 1 is 0.913 bits per heavy atom. The van der Waals surface area contributed by atoms with E-state index in [-0.39, 0.29) is 6.04 Å². The molecule has 2 atom stereocenters. The van der Waals surface area contributed by atoms with E-state index in [1.54, 1.807) is 0 Å². The Kier molecular flexibility index (Phi) is 4.75. The summed E-state index contributed by atoms with van der Waals surface area (Å²) in [5, 5.41) is 2.53. The molecule has 0 saturated heterocycles. The van der Waals surface area contributed by atoms with E-state index in [0.29, 0.717) is 6.04 Å². The fraction of sp³-hybridized carbons (Fsp3) is 0.238. The second-order valence-corrected chi connectivity index (χ2v) is 6.20. The van der Waals surface area contributed by atoms with Gasteiger partial charge in [-0.2, -0.15) is 0 Å². The highest BCUT2D eigenvalue weighted by molar-refractivity contribution is 5.85. The summed E-state index contributed by atoms with van der Waals surface area (Å²) in [4.78, 5) is 0. The van der Waals surface area contributed by atoms with Gasteiger partial charge in [0.05, 0.1) is 0 Å². The van der Waals surface area contributed by atoms with Gasteiger partial charge in [-0.25, -0.2) is 0 Å². The van der Waals surface area contributed by atoms with Gasteiger partial charge in [0.25, 0.3) is 0 Å². The normalized spacial score (nSPS) is 17.3. The van der Waals surface area contributed by atoms with Crippen LogP contribution in [0.3, 0.4) is 0 Å². The van der Waals surface area contributed by atoms with Gasteiger partial charge in [-0.3, -0.25) is 0 Å². The van der Waals surface area contributed by atoms with E-state index in [2.05, 4.69) is 54.6 Å². The summed E-state index contributed by atoms with van der Waals surface area (Å²) in [6.07, 6.45) is 2.29. The first-order valence-corrected chi connectivity index (χ1v) is 8.23. The molecule has 3 aromatic rings. The quantitative estimate of drug-likeness (QED) is 0.696. The number of hydrogen-bond donors (Lipinski definition) is 2. The first kappa shape index (κ1) is 15.7. The van der Waals surface area contributed by atoms with E-state index in [9.17, 15) is 0 Å². The first-order chi connectivity index (χ1) is 11.2. The molecule has 0 spiro atoms. The number of fused-ring (bicyclic) bond motifs is 2. The minimum absolute atomic E-state index is 0.103. The summed E-state index contributed by atoms with van der Waals surface area (Å²) in [6.45, 7) is 2.02. The smallest absolute Gasteiger partial charge is 0.0300 e. The Morgan fingerprint density at radius 3 is 2.39 bits per heavy atom. The van der Waals surface area contributed by atoms with Gasteiger partial charge >= 0.3 is 0 Å². The monoisotopic (exact) mass is 304 g/mol. The average Bonchev–Trinajstić information content (AvgIpc) is 2.96. The van der Waals surface area contributed by atoms with Crippen molar-refractivity contribution in [1.29, 1.82) is 0 Å².